The second-order valence-corrected chi connectivity index (χ2v) is 7.22. The van der Waals surface area contributed by atoms with Gasteiger partial charge in [0.05, 0.1) is 6.61 Å². The normalized spacial score (nSPS) is 25.6. The third-order valence-electron chi connectivity index (χ3n) is 5.41. The molecule has 2 aliphatic rings. The van der Waals surface area contributed by atoms with Crippen LogP contribution in [0.15, 0.2) is 0 Å². The maximum Gasteiger partial charge on any atom is 0.222 e. The van der Waals surface area contributed by atoms with Gasteiger partial charge in [-0.1, -0.05) is 0 Å². The third kappa shape index (κ3) is 3.92. The van der Waals surface area contributed by atoms with Gasteiger partial charge in [-0.15, -0.1) is 5.10 Å². The van der Waals surface area contributed by atoms with Crippen molar-refractivity contribution in [2.45, 2.75) is 45.6 Å². The molecule has 1 aromatic rings. The van der Waals surface area contributed by atoms with Crippen LogP contribution in [-0.2, 0) is 11.3 Å². The number of carbonyl (C=O) groups excluding carboxylic acids is 1. The lowest BCUT2D eigenvalue weighted by atomic mass is 9.73. The fraction of sp³-hybridized carbons (Fsp3) is 0.875. The summed E-state index contributed by atoms with van der Waals surface area (Å²) in [5.41, 5.74) is 0.214. The van der Waals surface area contributed by atoms with Crippen LogP contribution < -0.4 is 0 Å². The van der Waals surface area contributed by atoms with Crippen LogP contribution in [0, 0.1) is 12.3 Å². The molecule has 1 amide bonds. The van der Waals surface area contributed by atoms with Gasteiger partial charge in [-0.2, -0.15) is 0 Å². The molecular weight excluding hydrogens is 308 g/mol. The highest BCUT2D eigenvalue weighted by molar-refractivity contribution is 5.77. The molecule has 3 rings (SSSR count). The topological polar surface area (TPSA) is 87.4 Å². The summed E-state index contributed by atoms with van der Waals surface area (Å²) in [6.45, 7) is 7.31. The average molecular weight is 336 g/mol. The van der Waals surface area contributed by atoms with Gasteiger partial charge in [-0.25, -0.2) is 4.68 Å². The Hall–Kier alpha value is -1.54. The minimum atomic E-state index is 0.0524. The van der Waals surface area contributed by atoms with Gasteiger partial charge in [0.15, 0.2) is 0 Å². The summed E-state index contributed by atoms with van der Waals surface area (Å²) in [6, 6.07) is 0. The Morgan fingerprint density at radius 2 is 2.08 bits per heavy atom. The Labute approximate surface area is 142 Å². The summed E-state index contributed by atoms with van der Waals surface area (Å²) in [6.07, 6.45) is 5.01. The first-order chi connectivity index (χ1) is 11.6. The van der Waals surface area contributed by atoms with E-state index in [2.05, 4.69) is 20.4 Å². The lowest BCUT2D eigenvalue weighted by molar-refractivity contribution is -0.140. The SMILES string of the molecule is Cc1nnnn1CCCN1CCCC2(CCC(=O)N(CCO)C2)C1. The van der Waals surface area contributed by atoms with E-state index in [4.69, 9.17) is 0 Å². The molecule has 2 saturated heterocycles. The predicted molar refractivity (Wildman–Crippen MR) is 88.2 cm³/mol. The number of tetrazole rings is 1. The largest absolute Gasteiger partial charge is 0.395 e. The molecular formula is C16H28N6O2. The molecule has 1 unspecified atom stereocenters. The molecule has 1 atom stereocenters. The molecule has 1 spiro atoms. The summed E-state index contributed by atoms with van der Waals surface area (Å²) >= 11 is 0. The van der Waals surface area contributed by atoms with Crippen molar-refractivity contribution in [1.29, 1.82) is 0 Å². The molecule has 2 aliphatic heterocycles. The van der Waals surface area contributed by atoms with Crippen molar-refractivity contribution >= 4 is 5.91 Å². The molecule has 134 valence electrons. The molecule has 0 saturated carbocycles. The zero-order chi connectivity index (χ0) is 17.0. The fourth-order valence-corrected chi connectivity index (χ4v) is 4.16. The highest BCUT2D eigenvalue weighted by Gasteiger charge is 2.41. The van der Waals surface area contributed by atoms with Gasteiger partial charge in [-0.05, 0) is 56.1 Å². The minimum Gasteiger partial charge on any atom is -0.395 e. The quantitative estimate of drug-likeness (QED) is 0.791. The highest BCUT2D eigenvalue weighted by Crippen LogP contribution is 2.38. The number of rotatable bonds is 6. The number of piperidine rings is 2. The monoisotopic (exact) mass is 336 g/mol. The van der Waals surface area contributed by atoms with Gasteiger partial charge in [0, 0.05) is 38.0 Å². The molecule has 2 fully saturated rings. The standard InChI is InChI=1S/C16H28N6O2/c1-14-17-18-19-22(14)9-3-8-20-7-2-5-16(12-20)6-4-15(24)21(13-16)10-11-23/h23H,2-13H2,1H3. The highest BCUT2D eigenvalue weighted by atomic mass is 16.3. The second kappa shape index (κ2) is 7.57. The molecule has 24 heavy (non-hydrogen) atoms. The maximum atomic E-state index is 12.0. The maximum absolute atomic E-state index is 12.0. The second-order valence-electron chi connectivity index (χ2n) is 7.22. The number of likely N-dealkylation sites (tertiary alicyclic amines) is 2. The predicted octanol–water partition coefficient (Wildman–Crippen LogP) is 0.0685. The van der Waals surface area contributed by atoms with Gasteiger partial charge < -0.3 is 14.9 Å². The van der Waals surface area contributed by atoms with Crippen LogP contribution in [-0.4, -0.2) is 80.4 Å². The molecule has 0 bridgehead atoms. The average Bonchev–Trinajstić information content (AvgIpc) is 2.97. The van der Waals surface area contributed by atoms with E-state index >= 15 is 0 Å². The zero-order valence-electron chi connectivity index (χ0n) is 14.5. The van der Waals surface area contributed by atoms with E-state index in [1.165, 1.54) is 12.8 Å². The summed E-state index contributed by atoms with van der Waals surface area (Å²) in [5.74, 6) is 1.05. The van der Waals surface area contributed by atoms with Crippen LogP contribution in [0.4, 0.5) is 0 Å². The summed E-state index contributed by atoms with van der Waals surface area (Å²) in [7, 11) is 0. The van der Waals surface area contributed by atoms with E-state index in [0.717, 1.165) is 51.4 Å². The van der Waals surface area contributed by atoms with Crippen LogP contribution in [0.5, 0.6) is 0 Å². The number of nitrogens with zero attached hydrogens (tertiary/aromatic N) is 6. The number of aryl methyl sites for hydroxylation is 2. The summed E-state index contributed by atoms with van der Waals surface area (Å²) in [5, 5.41) is 20.8. The van der Waals surface area contributed by atoms with Gasteiger partial charge in [-0.3, -0.25) is 4.79 Å². The molecule has 8 heteroatoms. The van der Waals surface area contributed by atoms with E-state index in [1.54, 1.807) is 0 Å². The van der Waals surface area contributed by atoms with Crippen molar-refractivity contribution in [2.75, 3.05) is 39.3 Å². The summed E-state index contributed by atoms with van der Waals surface area (Å²) < 4.78 is 1.85. The Balaban J connectivity index is 1.52. The summed E-state index contributed by atoms with van der Waals surface area (Å²) in [4.78, 5) is 16.4. The first kappa shape index (κ1) is 17.3. The first-order valence-corrected chi connectivity index (χ1v) is 8.96. The van der Waals surface area contributed by atoms with Crippen LogP contribution in [0.25, 0.3) is 0 Å². The molecule has 0 aromatic carbocycles. The first-order valence-electron chi connectivity index (χ1n) is 8.96. The fourth-order valence-electron chi connectivity index (χ4n) is 4.16. The van der Waals surface area contributed by atoms with Crippen molar-refractivity contribution < 1.29 is 9.90 Å². The van der Waals surface area contributed by atoms with E-state index in [-0.39, 0.29) is 17.9 Å². The molecule has 8 nitrogen and oxygen atoms in total. The Morgan fingerprint density at radius 1 is 1.21 bits per heavy atom. The van der Waals surface area contributed by atoms with Gasteiger partial charge >= 0.3 is 0 Å². The molecule has 0 radical (unpaired) electrons. The smallest absolute Gasteiger partial charge is 0.222 e. The number of amides is 1. The number of aliphatic hydroxyl groups is 1. The number of carbonyl (C=O) groups is 1. The zero-order valence-corrected chi connectivity index (χ0v) is 14.5. The van der Waals surface area contributed by atoms with Crippen LogP contribution >= 0.6 is 0 Å². The van der Waals surface area contributed by atoms with Crippen molar-refractivity contribution in [3.63, 3.8) is 0 Å². The van der Waals surface area contributed by atoms with Crippen molar-refractivity contribution in [3.8, 4) is 0 Å². The van der Waals surface area contributed by atoms with E-state index in [9.17, 15) is 9.90 Å². The van der Waals surface area contributed by atoms with Gasteiger partial charge in [0.1, 0.15) is 5.82 Å². The molecule has 0 aliphatic carbocycles. The lowest BCUT2D eigenvalue weighted by Crippen LogP contribution is -2.54. The Morgan fingerprint density at radius 3 is 2.83 bits per heavy atom. The lowest BCUT2D eigenvalue weighted by Gasteiger charge is -2.48. The number of aromatic nitrogens is 4. The molecule has 1 N–H and O–H groups in total. The molecule has 3 heterocycles. The van der Waals surface area contributed by atoms with Crippen molar-refractivity contribution in [3.05, 3.63) is 5.82 Å². The number of hydrogen-bond acceptors (Lipinski definition) is 6. The van der Waals surface area contributed by atoms with E-state index < -0.39 is 0 Å². The van der Waals surface area contributed by atoms with Gasteiger partial charge in [0.2, 0.25) is 5.91 Å². The third-order valence-corrected chi connectivity index (χ3v) is 5.41. The van der Waals surface area contributed by atoms with E-state index in [0.29, 0.717) is 13.0 Å². The number of β-amino-alcohol motifs (C(OH)–C–C–N with tert-alkyl or cyclic N) is 1. The number of hydrogen-bond donors (Lipinski definition) is 1. The van der Waals surface area contributed by atoms with Gasteiger partial charge in [0.25, 0.3) is 0 Å². The van der Waals surface area contributed by atoms with Crippen LogP contribution in [0.2, 0.25) is 0 Å². The Kier molecular flexibility index (Phi) is 5.45. The Bertz CT molecular complexity index is 563. The minimum absolute atomic E-state index is 0.0524. The number of aliphatic hydroxyl groups excluding tert-OH is 1. The van der Waals surface area contributed by atoms with Crippen LogP contribution in [0.3, 0.4) is 0 Å². The van der Waals surface area contributed by atoms with E-state index in [1.807, 2.05) is 16.5 Å². The molecule has 1 aromatic heterocycles. The van der Waals surface area contributed by atoms with Crippen molar-refractivity contribution in [1.82, 2.24) is 30.0 Å². The van der Waals surface area contributed by atoms with Crippen molar-refractivity contribution in [2.24, 2.45) is 5.41 Å². The van der Waals surface area contributed by atoms with Crippen LogP contribution in [0.1, 0.15) is 37.9 Å².